The predicted octanol–water partition coefficient (Wildman–Crippen LogP) is 2.76. The van der Waals surface area contributed by atoms with E-state index in [-0.39, 0.29) is 5.69 Å². The van der Waals surface area contributed by atoms with E-state index in [1.807, 2.05) is 0 Å². The lowest BCUT2D eigenvalue weighted by atomic mass is 10.2. The quantitative estimate of drug-likeness (QED) is 0.350. The smallest absolute Gasteiger partial charge is 0.269 e. The molecule has 0 aliphatic carbocycles. The number of benzene rings is 1. The van der Waals surface area contributed by atoms with Crippen LogP contribution in [0.5, 0.6) is 0 Å². The Hall–Kier alpha value is -1.16. The SMILES string of the molecule is O=[N+]([O-])c1ccc(-c2nnc3n2CC(CI)S3)cc1. The van der Waals surface area contributed by atoms with Gasteiger partial charge < -0.3 is 4.57 Å². The second kappa shape index (κ2) is 5.08. The second-order valence-corrected chi connectivity index (χ2v) is 6.26. The van der Waals surface area contributed by atoms with Crippen LogP contribution in [0.15, 0.2) is 29.4 Å². The number of halogens is 1. The van der Waals surface area contributed by atoms with Gasteiger partial charge in [-0.1, -0.05) is 34.4 Å². The predicted molar refractivity (Wildman–Crippen MR) is 80.6 cm³/mol. The first kappa shape index (κ1) is 12.9. The highest BCUT2D eigenvalue weighted by Crippen LogP contribution is 2.35. The zero-order valence-corrected chi connectivity index (χ0v) is 12.7. The van der Waals surface area contributed by atoms with Crippen molar-refractivity contribution >= 4 is 40.0 Å². The molecule has 0 radical (unpaired) electrons. The number of nitro groups is 1. The molecule has 98 valence electrons. The molecule has 1 unspecified atom stereocenters. The first-order valence-electron chi connectivity index (χ1n) is 5.59. The van der Waals surface area contributed by atoms with Crippen LogP contribution in [0.4, 0.5) is 5.69 Å². The molecule has 0 spiro atoms. The van der Waals surface area contributed by atoms with E-state index in [0.29, 0.717) is 5.25 Å². The number of nitrogens with zero attached hydrogens (tertiary/aromatic N) is 4. The van der Waals surface area contributed by atoms with E-state index in [1.54, 1.807) is 23.9 Å². The Morgan fingerprint density at radius 1 is 1.42 bits per heavy atom. The highest BCUT2D eigenvalue weighted by atomic mass is 127. The molecular weight excluding hydrogens is 379 g/mol. The first-order valence-corrected chi connectivity index (χ1v) is 8.00. The molecule has 1 atom stereocenters. The lowest BCUT2D eigenvalue weighted by Gasteiger charge is -2.04. The fourth-order valence-electron chi connectivity index (χ4n) is 1.96. The number of non-ortho nitro benzene ring substituents is 1. The molecule has 1 aromatic carbocycles. The summed E-state index contributed by atoms with van der Waals surface area (Å²) in [5.41, 5.74) is 0.948. The summed E-state index contributed by atoms with van der Waals surface area (Å²) in [4.78, 5) is 10.2. The Balaban J connectivity index is 1.94. The highest BCUT2D eigenvalue weighted by molar-refractivity contribution is 14.1. The highest BCUT2D eigenvalue weighted by Gasteiger charge is 2.26. The summed E-state index contributed by atoms with van der Waals surface area (Å²) in [6, 6.07) is 6.43. The third-order valence-corrected chi connectivity index (χ3v) is 5.71. The topological polar surface area (TPSA) is 73.8 Å². The van der Waals surface area contributed by atoms with Gasteiger partial charge in [0, 0.05) is 33.9 Å². The van der Waals surface area contributed by atoms with Gasteiger partial charge in [-0.25, -0.2) is 0 Å². The monoisotopic (exact) mass is 388 g/mol. The molecule has 0 fully saturated rings. The summed E-state index contributed by atoms with van der Waals surface area (Å²) in [6.07, 6.45) is 0. The molecule has 2 heterocycles. The van der Waals surface area contributed by atoms with E-state index in [4.69, 9.17) is 0 Å². The minimum atomic E-state index is -0.403. The Kier molecular flexibility index (Phi) is 3.44. The van der Waals surface area contributed by atoms with Crippen molar-refractivity contribution in [2.45, 2.75) is 17.0 Å². The summed E-state index contributed by atoms with van der Waals surface area (Å²) in [5, 5.41) is 20.4. The van der Waals surface area contributed by atoms with Gasteiger partial charge in [0.2, 0.25) is 0 Å². The third-order valence-electron chi connectivity index (χ3n) is 2.88. The molecule has 1 aliphatic heterocycles. The second-order valence-electron chi connectivity index (χ2n) is 4.11. The number of rotatable bonds is 3. The lowest BCUT2D eigenvalue weighted by molar-refractivity contribution is -0.384. The molecule has 0 N–H and O–H groups in total. The number of hydrogen-bond acceptors (Lipinski definition) is 5. The molecule has 1 aromatic heterocycles. The normalized spacial score (nSPS) is 17.4. The molecule has 6 nitrogen and oxygen atoms in total. The van der Waals surface area contributed by atoms with Crippen LogP contribution in [-0.2, 0) is 6.54 Å². The van der Waals surface area contributed by atoms with Crippen molar-refractivity contribution in [3.8, 4) is 11.4 Å². The standard InChI is InChI=1S/C11H9IN4O2S/c12-5-9-6-15-10(13-14-11(15)19-9)7-1-3-8(4-2-7)16(17)18/h1-4,9H,5-6H2. The van der Waals surface area contributed by atoms with E-state index in [9.17, 15) is 10.1 Å². The third kappa shape index (κ3) is 2.34. The van der Waals surface area contributed by atoms with E-state index >= 15 is 0 Å². The molecule has 1 aliphatic rings. The zero-order valence-electron chi connectivity index (χ0n) is 9.69. The van der Waals surface area contributed by atoms with Crippen molar-refractivity contribution in [2.24, 2.45) is 0 Å². The molecule has 2 aromatic rings. The van der Waals surface area contributed by atoms with Crippen molar-refractivity contribution in [1.29, 1.82) is 0 Å². The fourth-order valence-corrected chi connectivity index (χ4v) is 3.74. The summed E-state index contributed by atoms with van der Waals surface area (Å²) in [5.74, 6) is 0.782. The Morgan fingerprint density at radius 2 is 2.16 bits per heavy atom. The largest absolute Gasteiger partial charge is 0.301 e. The van der Waals surface area contributed by atoms with Crippen LogP contribution in [0.3, 0.4) is 0 Å². The average Bonchev–Trinajstić information content (AvgIpc) is 2.98. The Bertz CT molecular complexity index is 628. The molecule has 8 heteroatoms. The summed E-state index contributed by atoms with van der Waals surface area (Å²) < 4.78 is 3.14. The number of hydrogen-bond donors (Lipinski definition) is 0. The van der Waals surface area contributed by atoms with E-state index in [1.165, 1.54) is 12.1 Å². The van der Waals surface area contributed by atoms with Crippen molar-refractivity contribution in [3.63, 3.8) is 0 Å². The molecule has 3 rings (SSSR count). The van der Waals surface area contributed by atoms with Gasteiger partial charge in [-0.3, -0.25) is 10.1 Å². The number of aromatic nitrogens is 3. The van der Waals surface area contributed by atoms with Crippen LogP contribution in [-0.4, -0.2) is 29.4 Å². The summed E-state index contributed by atoms with van der Waals surface area (Å²) in [6.45, 7) is 0.891. The Morgan fingerprint density at radius 3 is 2.79 bits per heavy atom. The first-order chi connectivity index (χ1) is 9.19. The summed E-state index contributed by atoms with van der Waals surface area (Å²) >= 11 is 4.10. The van der Waals surface area contributed by atoms with Gasteiger partial charge in [0.25, 0.3) is 5.69 Å². The molecule has 0 saturated heterocycles. The average molecular weight is 388 g/mol. The number of nitro benzene ring substituents is 1. The van der Waals surface area contributed by atoms with Gasteiger partial charge >= 0.3 is 0 Å². The van der Waals surface area contributed by atoms with Crippen molar-refractivity contribution in [2.75, 3.05) is 4.43 Å². The number of fused-ring (bicyclic) bond motifs is 1. The maximum atomic E-state index is 10.6. The molecule has 0 amide bonds. The summed E-state index contributed by atoms with van der Waals surface area (Å²) in [7, 11) is 0. The molecule has 0 bridgehead atoms. The van der Waals surface area contributed by atoms with Crippen LogP contribution in [0.25, 0.3) is 11.4 Å². The van der Waals surface area contributed by atoms with E-state index < -0.39 is 4.92 Å². The maximum absolute atomic E-state index is 10.6. The van der Waals surface area contributed by atoms with Gasteiger partial charge in [-0.15, -0.1) is 10.2 Å². The van der Waals surface area contributed by atoms with Crippen LogP contribution in [0, 0.1) is 10.1 Å². The van der Waals surface area contributed by atoms with Crippen LogP contribution < -0.4 is 0 Å². The molecule has 19 heavy (non-hydrogen) atoms. The molecule has 0 saturated carbocycles. The lowest BCUT2D eigenvalue weighted by Crippen LogP contribution is -2.07. The molecular formula is C11H9IN4O2S. The van der Waals surface area contributed by atoms with Crippen molar-refractivity contribution < 1.29 is 4.92 Å². The fraction of sp³-hybridized carbons (Fsp3) is 0.273. The van der Waals surface area contributed by atoms with Crippen molar-refractivity contribution in [3.05, 3.63) is 34.4 Å². The van der Waals surface area contributed by atoms with Gasteiger partial charge in [0.05, 0.1) is 4.92 Å². The van der Waals surface area contributed by atoms with Crippen LogP contribution in [0.1, 0.15) is 0 Å². The van der Waals surface area contributed by atoms with Gasteiger partial charge in [0.15, 0.2) is 11.0 Å². The minimum Gasteiger partial charge on any atom is -0.301 e. The van der Waals surface area contributed by atoms with Gasteiger partial charge in [-0.2, -0.15) is 0 Å². The number of alkyl halides is 1. The van der Waals surface area contributed by atoms with E-state index in [2.05, 4.69) is 37.4 Å². The Labute approximate surface area is 126 Å². The van der Waals surface area contributed by atoms with Gasteiger partial charge in [-0.05, 0) is 12.1 Å². The minimum absolute atomic E-state index is 0.0874. The van der Waals surface area contributed by atoms with Crippen LogP contribution in [0.2, 0.25) is 0 Å². The van der Waals surface area contributed by atoms with Gasteiger partial charge in [0.1, 0.15) is 0 Å². The number of thioether (sulfide) groups is 1. The van der Waals surface area contributed by atoms with E-state index in [0.717, 1.165) is 27.5 Å². The maximum Gasteiger partial charge on any atom is 0.269 e. The van der Waals surface area contributed by atoms with Crippen molar-refractivity contribution in [1.82, 2.24) is 14.8 Å². The van der Waals surface area contributed by atoms with Crippen LogP contribution >= 0.6 is 34.4 Å². The zero-order chi connectivity index (χ0) is 13.4.